The lowest BCUT2D eigenvalue weighted by molar-refractivity contribution is 0.527. The van der Waals surface area contributed by atoms with Crippen LogP contribution in [0.15, 0.2) is 45.6 Å². The molecule has 0 aliphatic rings. The van der Waals surface area contributed by atoms with E-state index in [9.17, 15) is 4.79 Å². The van der Waals surface area contributed by atoms with Gasteiger partial charge >= 0.3 is 5.76 Å². The highest BCUT2D eigenvalue weighted by molar-refractivity contribution is 6.30. The summed E-state index contributed by atoms with van der Waals surface area (Å²) in [5.41, 5.74) is 10.5. The summed E-state index contributed by atoms with van der Waals surface area (Å²) in [6.07, 6.45) is 0. The molecule has 0 saturated heterocycles. The van der Waals surface area contributed by atoms with Gasteiger partial charge in [0.2, 0.25) is 0 Å². The van der Waals surface area contributed by atoms with Crippen molar-refractivity contribution in [2.75, 3.05) is 0 Å². The molecule has 0 radical (unpaired) electrons. The first-order valence-corrected chi connectivity index (χ1v) is 6.96. The number of nitrogens with zero attached hydrogens (tertiary/aromatic N) is 1. The lowest BCUT2D eigenvalue weighted by Crippen LogP contribution is -2.13. The number of oxazole rings is 1. The second kappa shape index (κ2) is 5.06. The van der Waals surface area contributed by atoms with Crippen molar-refractivity contribution in [1.82, 2.24) is 4.57 Å². The van der Waals surface area contributed by atoms with Crippen LogP contribution >= 0.6 is 11.6 Å². The molecule has 0 bridgehead atoms. The van der Waals surface area contributed by atoms with Gasteiger partial charge in [-0.15, -0.1) is 0 Å². The van der Waals surface area contributed by atoms with Crippen LogP contribution in [0.4, 0.5) is 0 Å². The summed E-state index contributed by atoms with van der Waals surface area (Å²) in [4.78, 5) is 11.5. The summed E-state index contributed by atoms with van der Waals surface area (Å²) in [7, 11) is 1.68. The van der Waals surface area contributed by atoms with Gasteiger partial charge in [-0.1, -0.05) is 23.7 Å². The number of benzene rings is 2. The van der Waals surface area contributed by atoms with Crippen molar-refractivity contribution in [2.45, 2.75) is 13.0 Å². The van der Waals surface area contributed by atoms with E-state index in [0.717, 1.165) is 22.2 Å². The molecule has 0 spiro atoms. The monoisotopic (exact) mass is 302 g/mol. The van der Waals surface area contributed by atoms with Gasteiger partial charge in [0.15, 0.2) is 5.58 Å². The normalized spacial score (nSPS) is 12.8. The predicted octanol–water partition coefficient (Wildman–Crippen LogP) is 3.14. The molecule has 5 heteroatoms. The molecule has 0 aliphatic heterocycles. The van der Waals surface area contributed by atoms with Crippen molar-refractivity contribution in [3.05, 3.63) is 68.7 Å². The van der Waals surface area contributed by atoms with Crippen molar-refractivity contribution in [1.29, 1.82) is 0 Å². The van der Waals surface area contributed by atoms with Crippen LogP contribution in [0.3, 0.4) is 0 Å². The van der Waals surface area contributed by atoms with E-state index in [2.05, 4.69) is 0 Å². The molecule has 2 aromatic carbocycles. The SMILES string of the molecule is Cc1ccc(Cl)cc1C(N)c1ccc2c(c1)oc(=O)n2C. The van der Waals surface area contributed by atoms with E-state index in [1.165, 1.54) is 4.57 Å². The van der Waals surface area contributed by atoms with Gasteiger partial charge in [-0.3, -0.25) is 4.57 Å². The molecule has 0 saturated carbocycles. The average molecular weight is 303 g/mol. The molecule has 0 amide bonds. The molecule has 0 fully saturated rings. The first-order chi connectivity index (χ1) is 9.97. The van der Waals surface area contributed by atoms with Crippen molar-refractivity contribution in [3.63, 3.8) is 0 Å². The molecule has 0 aliphatic carbocycles. The zero-order valence-corrected chi connectivity index (χ0v) is 12.5. The topological polar surface area (TPSA) is 61.2 Å². The van der Waals surface area contributed by atoms with Gasteiger partial charge in [-0.2, -0.15) is 0 Å². The lowest BCUT2D eigenvalue weighted by atomic mass is 9.95. The summed E-state index contributed by atoms with van der Waals surface area (Å²) in [5.74, 6) is -0.380. The number of hydrogen-bond donors (Lipinski definition) is 1. The van der Waals surface area contributed by atoms with Crippen LogP contribution in [0.25, 0.3) is 11.1 Å². The third kappa shape index (κ3) is 2.37. The van der Waals surface area contributed by atoms with Gasteiger partial charge in [-0.25, -0.2) is 4.79 Å². The fourth-order valence-corrected chi connectivity index (χ4v) is 2.65. The van der Waals surface area contributed by atoms with Crippen LogP contribution in [0.2, 0.25) is 5.02 Å². The van der Waals surface area contributed by atoms with E-state index in [0.29, 0.717) is 10.6 Å². The molecule has 1 heterocycles. The summed E-state index contributed by atoms with van der Waals surface area (Å²) in [5, 5.41) is 0.651. The smallest absolute Gasteiger partial charge is 0.408 e. The third-order valence-corrected chi connectivity index (χ3v) is 3.99. The zero-order chi connectivity index (χ0) is 15.1. The first-order valence-electron chi connectivity index (χ1n) is 6.58. The number of aryl methyl sites for hydroxylation is 2. The number of rotatable bonds is 2. The van der Waals surface area contributed by atoms with Gasteiger partial charge in [0.05, 0.1) is 11.6 Å². The van der Waals surface area contributed by atoms with Gasteiger partial charge in [0.25, 0.3) is 0 Å². The van der Waals surface area contributed by atoms with Crippen molar-refractivity contribution >= 4 is 22.7 Å². The van der Waals surface area contributed by atoms with Crippen LogP contribution in [0.1, 0.15) is 22.7 Å². The van der Waals surface area contributed by atoms with Gasteiger partial charge in [0.1, 0.15) is 0 Å². The van der Waals surface area contributed by atoms with E-state index in [1.807, 2.05) is 43.3 Å². The Bertz CT molecular complexity index is 880. The highest BCUT2D eigenvalue weighted by Crippen LogP contribution is 2.27. The summed E-state index contributed by atoms with van der Waals surface area (Å²) in [6.45, 7) is 1.99. The molecular weight excluding hydrogens is 288 g/mol. The van der Waals surface area contributed by atoms with Gasteiger partial charge in [0, 0.05) is 12.1 Å². The maximum absolute atomic E-state index is 11.5. The minimum atomic E-state index is -0.380. The van der Waals surface area contributed by atoms with Crippen LogP contribution in [0.5, 0.6) is 0 Å². The molecular formula is C16H15ClN2O2. The average Bonchev–Trinajstić information content (AvgIpc) is 2.75. The Kier molecular flexibility index (Phi) is 3.35. The zero-order valence-electron chi connectivity index (χ0n) is 11.8. The second-order valence-corrected chi connectivity index (χ2v) is 5.57. The standard InChI is InChI=1S/C16H15ClN2O2/c1-9-3-5-11(17)8-12(9)15(18)10-4-6-13-14(7-10)21-16(20)19(13)2/h3-8,15H,18H2,1-2H3. The maximum Gasteiger partial charge on any atom is 0.419 e. The molecule has 1 atom stereocenters. The minimum Gasteiger partial charge on any atom is -0.408 e. The highest BCUT2D eigenvalue weighted by atomic mass is 35.5. The number of fused-ring (bicyclic) bond motifs is 1. The summed E-state index contributed by atoms with van der Waals surface area (Å²) in [6, 6.07) is 10.9. The number of halogens is 1. The Labute approximate surface area is 126 Å². The van der Waals surface area contributed by atoms with Crippen LogP contribution < -0.4 is 11.5 Å². The maximum atomic E-state index is 11.5. The van der Waals surface area contributed by atoms with Crippen molar-refractivity contribution in [3.8, 4) is 0 Å². The molecule has 1 unspecified atom stereocenters. The van der Waals surface area contributed by atoms with Crippen LogP contribution in [-0.2, 0) is 7.05 Å². The Hall–Kier alpha value is -2.04. The van der Waals surface area contributed by atoms with E-state index < -0.39 is 0 Å². The Balaban J connectivity index is 2.11. The van der Waals surface area contributed by atoms with Crippen molar-refractivity contribution < 1.29 is 4.42 Å². The first kappa shape index (κ1) is 13.9. The number of hydrogen-bond acceptors (Lipinski definition) is 3. The largest absolute Gasteiger partial charge is 0.419 e. The van der Waals surface area contributed by atoms with Gasteiger partial charge < -0.3 is 10.2 Å². The number of aromatic nitrogens is 1. The quantitative estimate of drug-likeness (QED) is 0.791. The molecule has 1 aromatic heterocycles. The molecule has 2 N–H and O–H groups in total. The lowest BCUT2D eigenvalue weighted by Gasteiger charge is -2.15. The van der Waals surface area contributed by atoms with E-state index >= 15 is 0 Å². The second-order valence-electron chi connectivity index (χ2n) is 5.13. The van der Waals surface area contributed by atoms with E-state index in [4.69, 9.17) is 21.8 Å². The molecule has 3 aromatic rings. The third-order valence-electron chi connectivity index (χ3n) is 3.75. The summed E-state index contributed by atoms with van der Waals surface area (Å²) < 4.78 is 6.67. The number of nitrogens with two attached hydrogens (primary N) is 1. The fourth-order valence-electron chi connectivity index (χ4n) is 2.47. The van der Waals surface area contributed by atoms with E-state index in [1.54, 1.807) is 7.05 Å². The van der Waals surface area contributed by atoms with E-state index in [-0.39, 0.29) is 11.8 Å². The Morgan fingerprint density at radius 2 is 2.00 bits per heavy atom. The fraction of sp³-hybridized carbons (Fsp3) is 0.188. The highest BCUT2D eigenvalue weighted by Gasteiger charge is 2.14. The molecule has 108 valence electrons. The molecule has 21 heavy (non-hydrogen) atoms. The summed E-state index contributed by atoms with van der Waals surface area (Å²) >= 11 is 6.05. The predicted molar refractivity (Wildman–Crippen MR) is 83.7 cm³/mol. The van der Waals surface area contributed by atoms with Crippen molar-refractivity contribution in [2.24, 2.45) is 12.8 Å². The molecule has 3 rings (SSSR count). The van der Waals surface area contributed by atoms with Crippen LogP contribution in [0, 0.1) is 6.92 Å². The Morgan fingerprint density at radius 1 is 1.24 bits per heavy atom. The van der Waals surface area contributed by atoms with Crippen LogP contribution in [-0.4, -0.2) is 4.57 Å². The Morgan fingerprint density at radius 3 is 2.76 bits per heavy atom. The molecule has 4 nitrogen and oxygen atoms in total. The minimum absolute atomic E-state index is 0.321. The van der Waals surface area contributed by atoms with Gasteiger partial charge in [-0.05, 0) is 47.9 Å².